The molecule has 0 heterocycles. The lowest BCUT2D eigenvalue weighted by molar-refractivity contribution is -0.118. The summed E-state index contributed by atoms with van der Waals surface area (Å²) in [7, 11) is 0. The Morgan fingerprint density at radius 2 is 1.76 bits per heavy atom. The van der Waals surface area contributed by atoms with E-state index >= 15 is 0 Å². The van der Waals surface area contributed by atoms with Crippen LogP contribution in [0, 0.1) is 11.8 Å². The minimum absolute atomic E-state index is 0.0197. The van der Waals surface area contributed by atoms with Crippen molar-refractivity contribution in [1.29, 1.82) is 0 Å². The number of nitrogens with one attached hydrogen (secondary N) is 3. The molecular formula is C20H34N4O. The average molecular weight is 347 g/mol. The number of carbonyl (C=O) groups is 1. The van der Waals surface area contributed by atoms with Crippen molar-refractivity contribution < 1.29 is 4.79 Å². The van der Waals surface area contributed by atoms with E-state index in [1.54, 1.807) is 0 Å². The third-order valence-corrected chi connectivity index (χ3v) is 3.76. The Bertz CT molecular complexity index is 535. The van der Waals surface area contributed by atoms with Gasteiger partial charge in [-0.1, -0.05) is 39.8 Å². The van der Waals surface area contributed by atoms with Gasteiger partial charge in [-0.05, 0) is 43.4 Å². The van der Waals surface area contributed by atoms with Gasteiger partial charge in [-0.2, -0.15) is 0 Å². The van der Waals surface area contributed by atoms with Crippen LogP contribution < -0.4 is 16.0 Å². The molecule has 0 spiro atoms. The highest BCUT2D eigenvalue weighted by atomic mass is 16.1. The highest BCUT2D eigenvalue weighted by molar-refractivity contribution is 5.92. The normalized spacial score (nSPS) is 11.7. The summed E-state index contributed by atoms with van der Waals surface area (Å²) in [6, 6.07) is 7.85. The minimum atomic E-state index is -0.0197. The van der Waals surface area contributed by atoms with Gasteiger partial charge in [-0.25, -0.2) is 4.99 Å². The van der Waals surface area contributed by atoms with Crippen molar-refractivity contribution in [3.8, 4) is 0 Å². The molecule has 1 aromatic carbocycles. The van der Waals surface area contributed by atoms with Gasteiger partial charge in [0, 0.05) is 24.7 Å². The Labute approximate surface area is 152 Å². The molecular weight excluding hydrogens is 312 g/mol. The molecule has 0 saturated heterocycles. The van der Waals surface area contributed by atoms with E-state index in [1.807, 2.05) is 38.1 Å². The van der Waals surface area contributed by atoms with E-state index in [0.717, 1.165) is 42.6 Å². The summed E-state index contributed by atoms with van der Waals surface area (Å²) in [6.07, 6.45) is 2.36. The van der Waals surface area contributed by atoms with Crippen molar-refractivity contribution >= 4 is 17.6 Å². The fourth-order valence-electron chi connectivity index (χ4n) is 2.21. The zero-order valence-corrected chi connectivity index (χ0v) is 16.4. The molecule has 140 valence electrons. The van der Waals surface area contributed by atoms with Gasteiger partial charge in [0.1, 0.15) is 0 Å². The molecule has 0 unspecified atom stereocenters. The molecule has 5 heteroatoms. The SMILES string of the molecule is CCNC(=NCc1ccc(NC(=O)C(C)C)cc1)NCCCC(C)C. The summed E-state index contributed by atoms with van der Waals surface area (Å²) >= 11 is 0. The minimum Gasteiger partial charge on any atom is -0.357 e. The Kier molecular flexibility index (Phi) is 9.66. The molecule has 0 bridgehead atoms. The molecule has 0 aliphatic rings. The number of benzene rings is 1. The molecule has 0 saturated carbocycles. The third kappa shape index (κ3) is 9.13. The van der Waals surface area contributed by atoms with Crippen molar-refractivity contribution in [1.82, 2.24) is 10.6 Å². The number of amides is 1. The number of aliphatic imine (C=N–C) groups is 1. The molecule has 5 nitrogen and oxygen atoms in total. The number of nitrogens with zero attached hydrogens (tertiary/aromatic N) is 1. The standard InChI is InChI=1S/C20H34N4O/c1-6-21-20(22-13-7-8-15(2)3)23-14-17-9-11-18(12-10-17)24-19(25)16(4)5/h9-12,15-16H,6-8,13-14H2,1-5H3,(H,24,25)(H2,21,22,23). The maximum atomic E-state index is 11.7. The quantitative estimate of drug-likeness (QED) is 0.362. The Hall–Kier alpha value is -2.04. The van der Waals surface area contributed by atoms with Gasteiger partial charge in [0.25, 0.3) is 0 Å². The lowest BCUT2D eigenvalue weighted by Crippen LogP contribution is -2.37. The van der Waals surface area contributed by atoms with Crippen molar-refractivity contribution in [2.24, 2.45) is 16.8 Å². The van der Waals surface area contributed by atoms with Crippen molar-refractivity contribution in [2.45, 2.75) is 54.0 Å². The Morgan fingerprint density at radius 3 is 2.32 bits per heavy atom. The predicted octanol–water partition coefficient (Wildman–Crippen LogP) is 3.77. The highest BCUT2D eigenvalue weighted by Gasteiger charge is 2.06. The van der Waals surface area contributed by atoms with E-state index in [-0.39, 0.29) is 11.8 Å². The highest BCUT2D eigenvalue weighted by Crippen LogP contribution is 2.11. The van der Waals surface area contributed by atoms with Crippen LogP contribution in [0.25, 0.3) is 0 Å². The van der Waals surface area contributed by atoms with Crippen LogP contribution in [0.3, 0.4) is 0 Å². The molecule has 0 radical (unpaired) electrons. The van der Waals surface area contributed by atoms with Gasteiger partial charge < -0.3 is 16.0 Å². The summed E-state index contributed by atoms with van der Waals surface area (Å²) in [6.45, 7) is 12.7. The van der Waals surface area contributed by atoms with Gasteiger partial charge in [0.2, 0.25) is 5.91 Å². The van der Waals surface area contributed by atoms with Crippen LogP contribution in [0.15, 0.2) is 29.3 Å². The fraction of sp³-hybridized carbons (Fsp3) is 0.600. The molecule has 0 atom stereocenters. The summed E-state index contributed by atoms with van der Waals surface area (Å²) in [4.78, 5) is 16.3. The Balaban J connectivity index is 2.53. The molecule has 1 amide bonds. The summed E-state index contributed by atoms with van der Waals surface area (Å²) in [5, 5.41) is 9.55. The van der Waals surface area contributed by atoms with Gasteiger partial charge in [0.15, 0.2) is 5.96 Å². The predicted molar refractivity (Wildman–Crippen MR) is 107 cm³/mol. The van der Waals surface area contributed by atoms with Crippen LogP contribution in [0.1, 0.15) is 53.0 Å². The number of carbonyl (C=O) groups excluding carboxylic acids is 1. The molecule has 0 aliphatic carbocycles. The van der Waals surface area contributed by atoms with E-state index < -0.39 is 0 Å². The second-order valence-electron chi connectivity index (χ2n) is 7.00. The lowest BCUT2D eigenvalue weighted by Gasteiger charge is -2.12. The monoisotopic (exact) mass is 346 g/mol. The topological polar surface area (TPSA) is 65.5 Å². The van der Waals surface area contributed by atoms with Gasteiger partial charge in [0.05, 0.1) is 6.54 Å². The summed E-state index contributed by atoms with van der Waals surface area (Å²) < 4.78 is 0. The molecule has 25 heavy (non-hydrogen) atoms. The maximum Gasteiger partial charge on any atom is 0.226 e. The lowest BCUT2D eigenvalue weighted by atomic mass is 10.1. The van der Waals surface area contributed by atoms with Crippen molar-refractivity contribution in [3.63, 3.8) is 0 Å². The molecule has 1 aromatic rings. The first kappa shape index (κ1) is 21.0. The number of hydrogen-bond donors (Lipinski definition) is 3. The molecule has 0 aliphatic heterocycles. The number of anilines is 1. The molecule has 0 aromatic heterocycles. The van der Waals surface area contributed by atoms with Crippen molar-refractivity contribution in [2.75, 3.05) is 18.4 Å². The smallest absolute Gasteiger partial charge is 0.226 e. The second-order valence-corrected chi connectivity index (χ2v) is 7.00. The van der Waals surface area contributed by atoms with Crippen LogP contribution in [0.2, 0.25) is 0 Å². The van der Waals surface area contributed by atoms with Gasteiger partial charge in [-0.3, -0.25) is 4.79 Å². The van der Waals surface area contributed by atoms with Crippen LogP contribution >= 0.6 is 0 Å². The van der Waals surface area contributed by atoms with Crippen LogP contribution in [-0.2, 0) is 11.3 Å². The number of hydrogen-bond acceptors (Lipinski definition) is 2. The molecule has 0 fully saturated rings. The van der Waals surface area contributed by atoms with Crippen molar-refractivity contribution in [3.05, 3.63) is 29.8 Å². The van der Waals surface area contributed by atoms with E-state index in [1.165, 1.54) is 6.42 Å². The number of rotatable bonds is 9. The molecule has 1 rings (SSSR count). The number of guanidine groups is 1. The maximum absolute atomic E-state index is 11.7. The average Bonchev–Trinajstić information content (AvgIpc) is 2.57. The van der Waals surface area contributed by atoms with E-state index in [4.69, 9.17) is 0 Å². The Morgan fingerprint density at radius 1 is 1.08 bits per heavy atom. The van der Waals surface area contributed by atoms with E-state index in [0.29, 0.717) is 6.54 Å². The second kappa shape index (κ2) is 11.5. The first-order valence-electron chi connectivity index (χ1n) is 9.34. The first-order valence-corrected chi connectivity index (χ1v) is 9.34. The largest absolute Gasteiger partial charge is 0.357 e. The van der Waals surface area contributed by atoms with E-state index in [2.05, 4.69) is 41.7 Å². The van der Waals surface area contributed by atoms with Crippen LogP contribution in [0.4, 0.5) is 5.69 Å². The summed E-state index contributed by atoms with van der Waals surface area (Å²) in [5.74, 6) is 1.60. The van der Waals surface area contributed by atoms with E-state index in [9.17, 15) is 4.79 Å². The zero-order chi connectivity index (χ0) is 18.7. The van der Waals surface area contributed by atoms with Gasteiger partial charge >= 0.3 is 0 Å². The van der Waals surface area contributed by atoms with Gasteiger partial charge in [-0.15, -0.1) is 0 Å². The van der Waals surface area contributed by atoms with Crippen LogP contribution in [0.5, 0.6) is 0 Å². The fourth-order valence-corrected chi connectivity index (χ4v) is 2.21. The summed E-state index contributed by atoms with van der Waals surface area (Å²) in [5.41, 5.74) is 1.94. The van der Waals surface area contributed by atoms with Crippen LogP contribution in [-0.4, -0.2) is 25.0 Å². The molecule has 3 N–H and O–H groups in total. The first-order chi connectivity index (χ1) is 11.9. The zero-order valence-electron chi connectivity index (χ0n) is 16.4. The third-order valence-electron chi connectivity index (χ3n) is 3.76.